The minimum atomic E-state index is 0.334. The van der Waals surface area contributed by atoms with Crippen LogP contribution in [0.3, 0.4) is 0 Å². The van der Waals surface area contributed by atoms with Crippen LogP contribution in [0.5, 0.6) is 0 Å². The van der Waals surface area contributed by atoms with E-state index >= 15 is 0 Å². The van der Waals surface area contributed by atoms with Crippen LogP contribution in [-0.4, -0.2) is 19.8 Å². The lowest BCUT2D eigenvalue weighted by atomic mass is 10.1. The summed E-state index contributed by atoms with van der Waals surface area (Å²) < 4.78 is 5.28. The predicted octanol–water partition coefficient (Wildman–Crippen LogP) is 3.42. The van der Waals surface area contributed by atoms with Crippen LogP contribution in [-0.2, 0) is 4.74 Å². The van der Waals surface area contributed by atoms with Gasteiger partial charge in [-0.1, -0.05) is 23.7 Å². The average Bonchev–Trinajstić information content (AvgIpc) is 2.28. The number of benzene rings is 1. The van der Waals surface area contributed by atoms with E-state index in [0.717, 1.165) is 31.2 Å². The molecule has 2 nitrogen and oxygen atoms in total. The SMILES string of the molecule is CCOCCCNC(C)c1cccc(Cl)c1. The van der Waals surface area contributed by atoms with Gasteiger partial charge in [-0.05, 0) is 44.5 Å². The van der Waals surface area contributed by atoms with Crippen LogP contribution in [0.4, 0.5) is 0 Å². The van der Waals surface area contributed by atoms with Crippen LogP contribution in [0.15, 0.2) is 24.3 Å². The van der Waals surface area contributed by atoms with Gasteiger partial charge in [-0.2, -0.15) is 0 Å². The Balaban J connectivity index is 2.27. The summed E-state index contributed by atoms with van der Waals surface area (Å²) in [5, 5.41) is 4.24. The average molecular weight is 242 g/mol. The van der Waals surface area contributed by atoms with Gasteiger partial charge in [0.25, 0.3) is 0 Å². The Kier molecular flexibility index (Phi) is 6.46. The number of rotatable bonds is 7. The molecular formula is C13H20ClNO. The van der Waals surface area contributed by atoms with Gasteiger partial charge in [-0.3, -0.25) is 0 Å². The van der Waals surface area contributed by atoms with E-state index in [2.05, 4.69) is 18.3 Å². The third kappa shape index (κ3) is 4.97. The van der Waals surface area contributed by atoms with Crippen molar-refractivity contribution < 1.29 is 4.74 Å². The predicted molar refractivity (Wildman–Crippen MR) is 69.0 cm³/mol. The largest absolute Gasteiger partial charge is 0.382 e. The van der Waals surface area contributed by atoms with E-state index in [1.54, 1.807) is 0 Å². The highest BCUT2D eigenvalue weighted by molar-refractivity contribution is 6.30. The molecule has 0 radical (unpaired) electrons. The summed E-state index contributed by atoms with van der Waals surface area (Å²) in [6, 6.07) is 8.30. The zero-order chi connectivity index (χ0) is 11.8. The molecule has 0 aliphatic heterocycles. The summed E-state index contributed by atoms with van der Waals surface area (Å²) in [7, 11) is 0. The van der Waals surface area contributed by atoms with Gasteiger partial charge in [0, 0.05) is 24.3 Å². The maximum absolute atomic E-state index is 5.94. The molecule has 1 unspecified atom stereocenters. The highest BCUT2D eigenvalue weighted by atomic mass is 35.5. The lowest BCUT2D eigenvalue weighted by Gasteiger charge is -2.14. The fourth-order valence-electron chi connectivity index (χ4n) is 1.53. The minimum absolute atomic E-state index is 0.334. The fourth-order valence-corrected chi connectivity index (χ4v) is 1.73. The first-order valence-electron chi connectivity index (χ1n) is 5.80. The second-order valence-electron chi connectivity index (χ2n) is 3.78. The summed E-state index contributed by atoms with van der Waals surface area (Å²) in [5.41, 5.74) is 1.23. The Hall–Kier alpha value is -0.570. The molecule has 1 N–H and O–H groups in total. The Morgan fingerprint density at radius 1 is 1.44 bits per heavy atom. The first kappa shape index (κ1) is 13.5. The van der Waals surface area contributed by atoms with Gasteiger partial charge in [-0.15, -0.1) is 0 Å². The van der Waals surface area contributed by atoms with E-state index in [-0.39, 0.29) is 0 Å². The number of hydrogen-bond donors (Lipinski definition) is 1. The molecule has 0 aliphatic rings. The summed E-state index contributed by atoms with van der Waals surface area (Å²) in [4.78, 5) is 0. The molecule has 0 bridgehead atoms. The van der Waals surface area contributed by atoms with Gasteiger partial charge >= 0.3 is 0 Å². The zero-order valence-corrected chi connectivity index (χ0v) is 10.8. The summed E-state index contributed by atoms with van der Waals surface area (Å²) in [6.45, 7) is 6.75. The molecule has 0 spiro atoms. The molecule has 0 fully saturated rings. The molecule has 1 aromatic carbocycles. The van der Waals surface area contributed by atoms with E-state index in [1.807, 2.05) is 25.1 Å². The highest BCUT2D eigenvalue weighted by Crippen LogP contribution is 2.16. The van der Waals surface area contributed by atoms with Crippen LogP contribution in [0, 0.1) is 0 Å². The minimum Gasteiger partial charge on any atom is -0.382 e. The summed E-state index contributed by atoms with van der Waals surface area (Å²) in [6.07, 6.45) is 1.04. The van der Waals surface area contributed by atoms with Crippen molar-refractivity contribution in [3.8, 4) is 0 Å². The van der Waals surface area contributed by atoms with Crippen LogP contribution in [0.2, 0.25) is 5.02 Å². The molecule has 3 heteroatoms. The number of ether oxygens (including phenoxy) is 1. The van der Waals surface area contributed by atoms with Crippen molar-refractivity contribution in [2.24, 2.45) is 0 Å². The van der Waals surface area contributed by atoms with Gasteiger partial charge in [0.05, 0.1) is 0 Å². The van der Waals surface area contributed by atoms with Crippen molar-refractivity contribution in [2.45, 2.75) is 26.3 Å². The lowest BCUT2D eigenvalue weighted by Crippen LogP contribution is -2.20. The Morgan fingerprint density at radius 2 is 2.25 bits per heavy atom. The standard InChI is InChI=1S/C13H20ClNO/c1-3-16-9-5-8-15-11(2)12-6-4-7-13(14)10-12/h4,6-7,10-11,15H,3,5,8-9H2,1-2H3. The number of nitrogens with one attached hydrogen (secondary N) is 1. The Bertz CT molecular complexity index is 304. The molecule has 1 rings (SSSR count). The topological polar surface area (TPSA) is 21.3 Å². The molecule has 1 aromatic rings. The molecule has 0 amide bonds. The molecular weight excluding hydrogens is 222 g/mol. The zero-order valence-electron chi connectivity index (χ0n) is 10.0. The smallest absolute Gasteiger partial charge is 0.0477 e. The molecule has 0 aromatic heterocycles. The summed E-state index contributed by atoms with van der Waals surface area (Å²) in [5.74, 6) is 0. The number of halogens is 1. The molecule has 90 valence electrons. The van der Waals surface area contributed by atoms with Gasteiger partial charge in [0.2, 0.25) is 0 Å². The van der Waals surface area contributed by atoms with E-state index < -0.39 is 0 Å². The van der Waals surface area contributed by atoms with Crippen molar-refractivity contribution in [3.05, 3.63) is 34.9 Å². The van der Waals surface area contributed by atoms with E-state index in [1.165, 1.54) is 5.56 Å². The molecule has 1 atom stereocenters. The lowest BCUT2D eigenvalue weighted by molar-refractivity contribution is 0.144. The van der Waals surface area contributed by atoms with E-state index in [4.69, 9.17) is 16.3 Å². The second kappa shape index (κ2) is 7.66. The molecule has 16 heavy (non-hydrogen) atoms. The Morgan fingerprint density at radius 3 is 2.94 bits per heavy atom. The monoisotopic (exact) mass is 241 g/mol. The maximum atomic E-state index is 5.94. The molecule has 0 saturated heterocycles. The Labute approximate surface area is 103 Å². The van der Waals surface area contributed by atoms with Gasteiger partial charge in [0.15, 0.2) is 0 Å². The first-order chi connectivity index (χ1) is 7.74. The van der Waals surface area contributed by atoms with Gasteiger partial charge < -0.3 is 10.1 Å². The van der Waals surface area contributed by atoms with Gasteiger partial charge in [0.1, 0.15) is 0 Å². The molecule has 0 saturated carbocycles. The van der Waals surface area contributed by atoms with Crippen molar-refractivity contribution >= 4 is 11.6 Å². The molecule has 0 aliphatic carbocycles. The normalized spacial score (nSPS) is 12.7. The van der Waals surface area contributed by atoms with Crippen molar-refractivity contribution in [3.63, 3.8) is 0 Å². The van der Waals surface area contributed by atoms with Crippen LogP contribution in [0.25, 0.3) is 0 Å². The third-order valence-corrected chi connectivity index (χ3v) is 2.70. The van der Waals surface area contributed by atoms with Crippen LogP contribution in [0.1, 0.15) is 31.9 Å². The second-order valence-corrected chi connectivity index (χ2v) is 4.22. The first-order valence-corrected chi connectivity index (χ1v) is 6.18. The van der Waals surface area contributed by atoms with Crippen molar-refractivity contribution in [1.82, 2.24) is 5.32 Å². The van der Waals surface area contributed by atoms with Crippen LogP contribution < -0.4 is 5.32 Å². The van der Waals surface area contributed by atoms with Crippen molar-refractivity contribution in [2.75, 3.05) is 19.8 Å². The van der Waals surface area contributed by atoms with E-state index in [9.17, 15) is 0 Å². The maximum Gasteiger partial charge on any atom is 0.0477 e. The summed E-state index contributed by atoms with van der Waals surface area (Å²) >= 11 is 5.94. The highest BCUT2D eigenvalue weighted by Gasteiger charge is 2.04. The fraction of sp³-hybridized carbons (Fsp3) is 0.538. The van der Waals surface area contributed by atoms with E-state index in [0.29, 0.717) is 6.04 Å². The third-order valence-electron chi connectivity index (χ3n) is 2.47. The van der Waals surface area contributed by atoms with Crippen molar-refractivity contribution in [1.29, 1.82) is 0 Å². The molecule has 0 heterocycles. The quantitative estimate of drug-likeness (QED) is 0.739. The van der Waals surface area contributed by atoms with Gasteiger partial charge in [-0.25, -0.2) is 0 Å². The number of hydrogen-bond acceptors (Lipinski definition) is 2. The van der Waals surface area contributed by atoms with Crippen LogP contribution >= 0.6 is 11.6 Å².